The van der Waals surface area contributed by atoms with Crippen LogP contribution < -0.4 is 10.6 Å². The van der Waals surface area contributed by atoms with Crippen molar-refractivity contribution in [2.45, 2.75) is 32.7 Å². The smallest absolute Gasteiger partial charge is 0.254 e. The summed E-state index contributed by atoms with van der Waals surface area (Å²) in [5.74, 6) is -0.246. The van der Waals surface area contributed by atoms with Gasteiger partial charge >= 0.3 is 0 Å². The van der Waals surface area contributed by atoms with E-state index in [1.807, 2.05) is 30.3 Å². The summed E-state index contributed by atoms with van der Waals surface area (Å²) in [5, 5.41) is 6.44. The number of benzene rings is 1. The topological polar surface area (TPSA) is 58.2 Å². The number of carbonyl (C=O) groups is 2. The van der Waals surface area contributed by atoms with E-state index in [1.165, 1.54) is 23.1 Å². The molecule has 3 rings (SSSR count). The zero-order valence-corrected chi connectivity index (χ0v) is 13.3. The Morgan fingerprint density at radius 2 is 1.95 bits per heavy atom. The summed E-state index contributed by atoms with van der Waals surface area (Å²) in [6.45, 7) is 1.96. The van der Waals surface area contributed by atoms with E-state index in [4.69, 9.17) is 0 Å². The van der Waals surface area contributed by atoms with Crippen LogP contribution in [0.25, 0.3) is 0 Å². The molecule has 0 radical (unpaired) electrons. The third-order valence-electron chi connectivity index (χ3n) is 3.73. The molecule has 1 aromatic carbocycles. The molecule has 4 nitrogen and oxygen atoms in total. The van der Waals surface area contributed by atoms with Gasteiger partial charge in [0.15, 0.2) is 0 Å². The number of nitrogens with one attached hydrogen (secondary N) is 2. The second-order valence-electron chi connectivity index (χ2n) is 5.41. The summed E-state index contributed by atoms with van der Waals surface area (Å²) in [6, 6.07) is 9.81. The van der Waals surface area contributed by atoms with Gasteiger partial charge in [0.25, 0.3) is 5.91 Å². The van der Waals surface area contributed by atoms with Crippen LogP contribution in [0.3, 0.4) is 0 Å². The van der Waals surface area contributed by atoms with Crippen LogP contribution in [-0.2, 0) is 24.2 Å². The Kier molecular flexibility index (Phi) is 4.24. The average Bonchev–Trinajstić information content (AvgIpc) is 3.05. The summed E-state index contributed by atoms with van der Waals surface area (Å²) < 4.78 is 0. The van der Waals surface area contributed by atoms with Crippen molar-refractivity contribution >= 4 is 28.2 Å². The molecule has 2 aromatic rings. The Labute approximate surface area is 133 Å². The molecule has 0 spiro atoms. The van der Waals surface area contributed by atoms with Crippen LogP contribution in [0.15, 0.2) is 30.3 Å². The Morgan fingerprint density at radius 1 is 1.18 bits per heavy atom. The van der Waals surface area contributed by atoms with Crippen LogP contribution in [-0.4, -0.2) is 11.8 Å². The molecule has 0 saturated heterocycles. The van der Waals surface area contributed by atoms with Gasteiger partial charge in [0.1, 0.15) is 5.00 Å². The van der Waals surface area contributed by atoms with Crippen molar-refractivity contribution in [3.05, 3.63) is 51.9 Å². The van der Waals surface area contributed by atoms with E-state index in [2.05, 4.69) is 10.6 Å². The van der Waals surface area contributed by atoms with E-state index < -0.39 is 0 Å². The molecule has 0 unspecified atom stereocenters. The van der Waals surface area contributed by atoms with E-state index >= 15 is 0 Å². The standard InChI is InChI=1S/C17H18N2O2S/c1-11(20)19-17-15(13-8-5-9-14(13)22-17)16(21)18-10-12-6-3-2-4-7-12/h2-4,6-7H,5,8-10H2,1H3,(H,18,21)(H,19,20). The van der Waals surface area contributed by atoms with Gasteiger partial charge in [-0.2, -0.15) is 0 Å². The first-order chi connectivity index (χ1) is 10.6. The molecular weight excluding hydrogens is 296 g/mol. The lowest BCUT2D eigenvalue weighted by Gasteiger charge is -2.08. The number of fused-ring (bicyclic) bond motifs is 1. The zero-order valence-electron chi connectivity index (χ0n) is 12.4. The highest BCUT2D eigenvalue weighted by Gasteiger charge is 2.26. The van der Waals surface area contributed by atoms with Gasteiger partial charge in [-0.15, -0.1) is 11.3 Å². The van der Waals surface area contributed by atoms with Gasteiger partial charge < -0.3 is 10.6 Å². The molecule has 0 bridgehead atoms. The average molecular weight is 314 g/mol. The van der Waals surface area contributed by atoms with E-state index in [-0.39, 0.29) is 11.8 Å². The molecule has 0 atom stereocenters. The molecule has 1 aromatic heterocycles. The van der Waals surface area contributed by atoms with Crippen molar-refractivity contribution in [1.29, 1.82) is 0 Å². The van der Waals surface area contributed by atoms with Crippen molar-refractivity contribution in [2.24, 2.45) is 0 Å². The lowest BCUT2D eigenvalue weighted by molar-refractivity contribution is -0.114. The highest BCUT2D eigenvalue weighted by atomic mass is 32.1. The number of hydrogen-bond donors (Lipinski definition) is 2. The fourth-order valence-corrected chi connectivity index (χ4v) is 4.09. The van der Waals surface area contributed by atoms with Gasteiger partial charge in [-0.05, 0) is 30.4 Å². The maximum absolute atomic E-state index is 12.6. The van der Waals surface area contributed by atoms with Crippen molar-refractivity contribution in [3.63, 3.8) is 0 Å². The zero-order chi connectivity index (χ0) is 15.5. The van der Waals surface area contributed by atoms with Crippen molar-refractivity contribution in [2.75, 3.05) is 5.32 Å². The first-order valence-corrected chi connectivity index (χ1v) is 8.21. The molecule has 1 aliphatic carbocycles. The minimum atomic E-state index is -0.142. The lowest BCUT2D eigenvalue weighted by atomic mass is 10.1. The van der Waals surface area contributed by atoms with Crippen LogP contribution in [0.4, 0.5) is 5.00 Å². The summed E-state index contributed by atoms with van der Waals surface area (Å²) >= 11 is 1.53. The first-order valence-electron chi connectivity index (χ1n) is 7.39. The lowest BCUT2D eigenvalue weighted by Crippen LogP contribution is -2.24. The molecule has 5 heteroatoms. The second-order valence-corrected chi connectivity index (χ2v) is 6.52. The molecule has 2 amide bonds. The van der Waals surface area contributed by atoms with Gasteiger partial charge in [0.05, 0.1) is 5.56 Å². The van der Waals surface area contributed by atoms with E-state index in [1.54, 1.807) is 0 Å². The molecule has 22 heavy (non-hydrogen) atoms. The van der Waals surface area contributed by atoms with Crippen LogP contribution in [0.1, 0.15) is 39.7 Å². The monoisotopic (exact) mass is 314 g/mol. The summed E-state index contributed by atoms with van der Waals surface area (Å²) in [4.78, 5) is 25.2. The highest BCUT2D eigenvalue weighted by Crippen LogP contribution is 2.39. The number of hydrogen-bond acceptors (Lipinski definition) is 3. The molecule has 0 saturated carbocycles. The molecule has 0 aliphatic heterocycles. The number of amides is 2. The Morgan fingerprint density at radius 3 is 2.68 bits per heavy atom. The second kappa shape index (κ2) is 6.32. The predicted molar refractivity (Wildman–Crippen MR) is 88.3 cm³/mol. The minimum Gasteiger partial charge on any atom is -0.348 e. The molecule has 0 fully saturated rings. The molecule has 114 valence electrons. The van der Waals surface area contributed by atoms with Crippen LogP contribution in [0, 0.1) is 0 Å². The van der Waals surface area contributed by atoms with Gasteiger partial charge in [0.2, 0.25) is 5.91 Å². The van der Waals surface area contributed by atoms with Crippen molar-refractivity contribution in [3.8, 4) is 0 Å². The predicted octanol–water partition coefficient (Wildman–Crippen LogP) is 3.13. The quantitative estimate of drug-likeness (QED) is 0.911. The number of rotatable bonds is 4. The largest absolute Gasteiger partial charge is 0.348 e. The van der Waals surface area contributed by atoms with E-state index in [9.17, 15) is 9.59 Å². The van der Waals surface area contributed by atoms with Crippen molar-refractivity contribution in [1.82, 2.24) is 5.32 Å². The van der Waals surface area contributed by atoms with Crippen molar-refractivity contribution < 1.29 is 9.59 Å². The number of aryl methyl sites for hydroxylation is 1. The Bertz CT molecular complexity index is 707. The number of thiophene rings is 1. The maximum atomic E-state index is 12.6. The highest BCUT2D eigenvalue weighted by molar-refractivity contribution is 7.17. The number of carbonyl (C=O) groups excluding carboxylic acids is 2. The molecule has 1 heterocycles. The fourth-order valence-electron chi connectivity index (χ4n) is 2.76. The summed E-state index contributed by atoms with van der Waals surface area (Å²) in [5.41, 5.74) is 2.83. The van der Waals surface area contributed by atoms with Gasteiger partial charge in [-0.1, -0.05) is 30.3 Å². The molecule has 2 N–H and O–H groups in total. The third kappa shape index (κ3) is 3.04. The maximum Gasteiger partial charge on any atom is 0.254 e. The van der Waals surface area contributed by atoms with Gasteiger partial charge in [0, 0.05) is 18.3 Å². The summed E-state index contributed by atoms with van der Waals surface area (Å²) in [6.07, 6.45) is 3.00. The van der Waals surface area contributed by atoms with Crippen LogP contribution in [0.5, 0.6) is 0 Å². The fraction of sp³-hybridized carbons (Fsp3) is 0.294. The van der Waals surface area contributed by atoms with Crippen LogP contribution >= 0.6 is 11.3 Å². The molecular formula is C17H18N2O2S. The number of anilines is 1. The van der Waals surface area contributed by atoms with E-state index in [0.29, 0.717) is 17.1 Å². The summed E-state index contributed by atoms with van der Waals surface area (Å²) in [7, 11) is 0. The van der Waals surface area contributed by atoms with E-state index in [0.717, 1.165) is 30.4 Å². The van der Waals surface area contributed by atoms with Gasteiger partial charge in [-0.3, -0.25) is 9.59 Å². The minimum absolute atomic E-state index is 0.105. The SMILES string of the molecule is CC(=O)Nc1sc2c(c1C(=O)NCc1ccccc1)CCC2. The normalized spacial score (nSPS) is 12.8. The third-order valence-corrected chi connectivity index (χ3v) is 4.94. The Hall–Kier alpha value is -2.14. The first kappa shape index (κ1) is 14.8. The van der Waals surface area contributed by atoms with Crippen LogP contribution in [0.2, 0.25) is 0 Å². The Balaban J connectivity index is 1.80. The molecule has 1 aliphatic rings. The van der Waals surface area contributed by atoms with Gasteiger partial charge in [-0.25, -0.2) is 0 Å².